The van der Waals surface area contributed by atoms with Gasteiger partial charge in [0.05, 0.1) is 12.2 Å². The minimum atomic E-state index is 0.669. The highest BCUT2D eigenvalue weighted by Crippen LogP contribution is 2.27. The number of hydrogen-bond donors (Lipinski definition) is 1. The maximum Gasteiger partial charge on any atom is 0.0521 e. The van der Waals surface area contributed by atoms with Gasteiger partial charge in [-0.1, -0.05) is 25.7 Å². The lowest BCUT2D eigenvalue weighted by Gasteiger charge is -2.14. The minimum absolute atomic E-state index is 0.669. The average molecular weight is 247 g/mol. The van der Waals surface area contributed by atoms with Crippen molar-refractivity contribution < 1.29 is 0 Å². The molecule has 1 aliphatic carbocycles. The highest BCUT2D eigenvalue weighted by molar-refractivity contribution is 5.06. The summed E-state index contributed by atoms with van der Waals surface area (Å²) in [6.07, 6.45) is 15.2. The SMILES string of the molecule is c1nn(C2CCCCCC2)cc1CC1CCNC1. The van der Waals surface area contributed by atoms with Crippen molar-refractivity contribution in [2.24, 2.45) is 5.92 Å². The van der Waals surface area contributed by atoms with Crippen LogP contribution in [0.4, 0.5) is 0 Å². The topological polar surface area (TPSA) is 29.9 Å². The first-order valence-electron chi connectivity index (χ1n) is 7.65. The highest BCUT2D eigenvalue weighted by atomic mass is 15.3. The Morgan fingerprint density at radius 2 is 2.00 bits per heavy atom. The van der Waals surface area contributed by atoms with Crippen molar-refractivity contribution in [2.45, 2.75) is 57.4 Å². The van der Waals surface area contributed by atoms with Gasteiger partial charge in [0.25, 0.3) is 0 Å². The first kappa shape index (κ1) is 12.2. The molecular formula is C15H25N3. The largest absolute Gasteiger partial charge is 0.316 e. The first-order chi connectivity index (χ1) is 8.92. The first-order valence-corrected chi connectivity index (χ1v) is 7.65. The van der Waals surface area contributed by atoms with Gasteiger partial charge in [0.15, 0.2) is 0 Å². The van der Waals surface area contributed by atoms with Crippen LogP contribution >= 0.6 is 0 Å². The third-order valence-corrected chi connectivity index (χ3v) is 4.54. The van der Waals surface area contributed by atoms with Gasteiger partial charge in [-0.15, -0.1) is 0 Å². The molecule has 1 unspecified atom stereocenters. The molecule has 1 aliphatic heterocycles. The van der Waals surface area contributed by atoms with Crippen molar-refractivity contribution in [3.05, 3.63) is 18.0 Å². The second-order valence-corrected chi connectivity index (χ2v) is 6.04. The molecule has 3 nitrogen and oxygen atoms in total. The van der Waals surface area contributed by atoms with E-state index in [0.29, 0.717) is 6.04 Å². The summed E-state index contributed by atoms with van der Waals surface area (Å²) in [5.74, 6) is 0.830. The van der Waals surface area contributed by atoms with E-state index in [9.17, 15) is 0 Å². The van der Waals surface area contributed by atoms with Gasteiger partial charge in [0.2, 0.25) is 0 Å². The summed E-state index contributed by atoms with van der Waals surface area (Å²) in [6.45, 7) is 2.38. The van der Waals surface area contributed by atoms with Crippen LogP contribution in [0.5, 0.6) is 0 Å². The van der Waals surface area contributed by atoms with Crippen molar-refractivity contribution in [1.29, 1.82) is 0 Å². The molecule has 0 bridgehead atoms. The van der Waals surface area contributed by atoms with E-state index >= 15 is 0 Å². The Balaban J connectivity index is 1.60. The third-order valence-electron chi connectivity index (χ3n) is 4.54. The lowest BCUT2D eigenvalue weighted by atomic mass is 10.0. The summed E-state index contributed by atoms with van der Waals surface area (Å²) >= 11 is 0. The number of rotatable bonds is 3. The average Bonchev–Trinajstić information content (AvgIpc) is 2.97. The van der Waals surface area contributed by atoms with E-state index in [1.807, 2.05) is 0 Å². The Labute approximate surface area is 110 Å². The van der Waals surface area contributed by atoms with E-state index in [-0.39, 0.29) is 0 Å². The summed E-state index contributed by atoms with van der Waals surface area (Å²) in [6, 6.07) is 0.669. The van der Waals surface area contributed by atoms with Gasteiger partial charge >= 0.3 is 0 Å². The van der Waals surface area contributed by atoms with Crippen LogP contribution in [0.1, 0.15) is 56.6 Å². The van der Waals surface area contributed by atoms with Crippen LogP contribution < -0.4 is 5.32 Å². The molecular weight excluding hydrogens is 222 g/mol. The zero-order valence-corrected chi connectivity index (χ0v) is 11.3. The van der Waals surface area contributed by atoms with E-state index in [1.165, 1.54) is 70.0 Å². The normalized spacial score (nSPS) is 26.3. The highest BCUT2D eigenvalue weighted by Gasteiger charge is 2.18. The summed E-state index contributed by atoms with van der Waals surface area (Å²) < 4.78 is 2.25. The molecule has 1 saturated heterocycles. The Morgan fingerprint density at radius 3 is 2.72 bits per heavy atom. The van der Waals surface area contributed by atoms with E-state index in [4.69, 9.17) is 0 Å². The van der Waals surface area contributed by atoms with Crippen molar-refractivity contribution >= 4 is 0 Å². The van der Waals surface area contributed by atoms with E-state index < -0.39 is 0 Å². The number of aromatic nitrogens is 2. The fourth-order valence-electron chi connectivity index (χ4n) is 3.43. The fourth-order valence-corrected chi connectivity index (χ4v) is 3.43. The molecule has 3 heteroatoms. The van der Waals surface area contributed by atoms with Gasteiger partial charge < -0.3 is 5.32 Å². The summed E-state index contributed by atoms with van der Waals surface area (Å²) in [5.41, 5.74) is 1.44. The lowest BCUT2D eigenvalue weighted by molar-refractivity contribution is 0.405. The molecule has 1 saturated carbocycles. The standard InChI is InChI=1S/C15H25N3/c1-2-4-6-15(5-3-1)18-12-14(11-17-18)9-13-7-8-16-10-13/h11-13,15-16H,1-10H2. The minimum Gasteiger partial charge on any atom is -0.316 e. The molecule has 1 atom stereocenters. The van der Waals surface area contributed by atoms with Gasteiger partial charge in [0, 0.05) is 6.20 Å². The van der Waals surface area contributed by atoms with E-state index in [1.54, 1.807) is 0 Å². The fraction of sp³-hybridized carbons (Fsp3) is 0.800. The number of nitrogens with one attached hydrogen (secondary N) is 1. The van der Waals surface area contributed by atoms with Crippen LogP contribution in [-0.4, -0.2) is 22.9 Å². The maximum atomic E-state index is 4.62. The Hall–Kier alpha value is -0.830. The van der Waals surface area contributed by atoms with Crippen LogP contribution in [0.3, 0.4) is 0 Å². The third kappa shape index (κ3) is 2.94. The predicted octanol–water partition coefficient (Wildman–Crippen LogP) is 2.93. The van der Waals surface area contributed by atoms with Crippen LogP contribution in [0.15, 0.2) is 12.4 Å². The molecule has 2 fully saturated rings. The van der Waals surface area contributed by atoms with Gasteiger partial charge in [-0.25, -0.2) is 0 Å². The molecule has 0 spiro atoms. The Kier molecular flexibility index (Phi) is 3.99. The summed E-state index contributed by atoms with van der Waals surface area (Å²) in [7, 11) is 0. The van der Waals surface area contributed by atoms with Gasteiger partial charge in [-0.3, -0.25) is 4.68 Å². The second kappa shape index (κ2) is 5.87. The van der Waals surface area contributed by atoms with E-state index in [0.717, 1.165) is 5.92 Å². The molecule has 1 aromatic heterocycles. The molecule has 1 aromatic rings. The Morgan fingerprint density at radius 1 is 1.17 bits per heavy atom. The smallest absolute Gasteiger partial charge is 0.0521 e. The quantitative estimate of drug-likeness (QED) is 0.832. The molecule has 0 aromatic carbocycles. The maximum absolute atomic E-state index is 4.62. The zero-order valence-electron chi connectivity index (χ0n) is 11.3. The van der Waals surface area contributed by atoms with E-state index in [2.05, 4.69) is 27.5 Å². The van der Waals surface area contributed by atoms with Gasteiger partial charge in [0.1, 0.15) is 0 Å². The van der Waals surface area contributed by atoms with Crippen LogP contribution in [0.2, 0.25) is 0 Å². The molecule has 100 valence electrons. The number of nitrogens with zero attached hydrogens (tertiary/aromatic N) is 2. The van der Waals surface area contributed by atoms with Crippen LogP contribution in [0, 0.1) is 5.92 Å². The monoisotopic (exact) mass is 247 g/mol. The summed E-state index contributed by atoms with van der Waals surface area (Å²) in [4.78, 5) is 0. The van der Waals surface area contributed by atoms with Crippen LogP contribution in [-0.2, 0) is 6.42 Å². The van der Waals surface area contributed by atoms with Crippen molar-refractivity contribution in [3.8, 4) is 0 Å². The molecule has 1 N–H and O–H groups in total. The van der Waals surface area contributed by atoms with Gasteiger partial charge in [-0.2, -0.15) is 5.10 Å². The molecule has 0 radical (unpaired) electrons. The zero-order chi connectivity index (χ0) is 12.2. The molecule has 2 heterocycles. The van der Waals surface area contributed by atoms with Gasteiger partial charge in [-0.05, 0) is 50.3 Å². The van der Waals surface area contributed by atoms with Crippen molar-refractivity contribution in [3.63, 3.8) is 0 Å². The van der Waals surface area contributed by atoms with Crippen LogP contribution in [0.25, 0.3) is 0 Å². The molecule has 18 heavy (non-hydrogen) atoms. The van der Waals surface area contributed by atoms with Crippen molar-refractivity contribution in [1.82, 2.24) is 15.1 Å². The number of hydrogen-bond acceptors (Lipinski definition) is 2. The van der Waals surface area contributed by atoms with Crippen molar-refractivity contribution in [2.75, 3.05) is 13.1 Å². The predicted molar refractivity (Wildman–Crippen MR) is 73.6 cm³/mol. The molecule has 3 rings (SSSR count). The lowest BCUT2D eigenvalue weighted by Crippen LogP contribution is -2.11. The molecule has 0 amide bonds. The second-order valence-electron chi connectivity index (χ2n) is 6.04. The summed E-state index contributed by atoms with van der Waals surface area (Å²) in [5, 5.41) is 8.06. The Bertz CT molecular complexity index is 358. The molecule has 2 aliphatic rings.